The highest BCUT2D eigenvalue weighted by Crippen LogP contribution is 2.19. The smallest absolute Gasteiger partial charge is 0.316 e. The van der Waals surface area contributed by atoms with Gasteiger partial charge in [0.2, 0.25) is 5.91 Å². The van der Waals surface area contributed by atoms with Gasteiger partial charge >= 0.3 is 11.1 Å². The normalized spacial score (nSPS) is 17.8. The Kier molecular flexibility index (Phi) is 4.93. The van der Waals surface area contributed by atoms with Crippen molar-refractivity contribution in [2.24, 2.45) is 0 Å². The van der Waals surface area contributed by atoms with E-state index < -0.39 is 11.1 Å². The van der Waals surface area contributed by atoms with Crippen LogP contribution in [0, 0.1) is 0 Å². The molecule has 0 radical (unpaired) electrons. The SMILES string of the molecule is O=C(CCn1cc[nH]c(=O)c1=O)N1CCCC[C@H]1Cn1cccn1. The van der Waals surface area contributed by atoms with Crippen LogP contribution in [0.5, 0.6) is 0 Å². The first-order chi connectivity index (χ1) is 11.6. The minimum atomic E-state index is -0.667. The van der Waals surface area contributed by atoms with Crippen LogP contribution >= 0.6 is 0 Å². The van der Waals surface area contributed by atoms with Gasteiger partial charge in [-0.25, -0.2) is 0 Å². The molecular weight excluding hydrogens is 310 g/mol. The predicted molar refractivity (Wildman–Crippen MR) is 87.5 cm³/mol. The van der Waals surface area contributed by atoms with Gasteiger partial charge in [-0.05, 0) is 25.3 Å². The Hall–Kier alpha value is -2.64. The summed E-state index contributed by atoms with van der Waals surface area (Å²) in [6.45, 7) is 1.63. The summed E-state index contributed by atoms with van der Waals surface area (Å²) in [5.74, 6) is 0.0130. The number of aromatic nitrogens is 4. The van der Waals surface area contributed by atoms with Gasteiger partial charge in [-0.15, -0.1) is 0 Å². The van der Waals surface area contributed by atoms with Crippen molar-refractivity contribution in [3.05, 3.63) is 51.6 Å². The Labute approximate surface area is 138 Å². The first-order valence-electron chi connectivity index (χ1n) is 8.20. The van der Waals surface area contributed by atoms with Gasteiger partial charge in [-0.3, -0.25) is 19.1 Å². The number of amides is 1. The van der Waals surface area contributed by atoms with E-state index in [1.54, 1.807) is 6.20 Å². The fourth-order valence-electron chi connectivity index (χ4n) is 3.14. The monoisotopic (exact) mass is 331 g/mol. The third-order valence-corrected chi connectivity index (χ3v) is 4.40. The van der Waals surface area contributed by atoms with Crippen molar-refractivity contribution < 1.29 is 4.79 Å². The van der Waals surface area contributed by atoms with Crippen LogP contribution < -0.4 is 11.1 Å². The quantitative estimate of drug-likeness (QED) is 0.792. The molecule has 0 saturated carbocycles. The Morgan fingerprint density at radius 3 is 2.96 bits per heavy atom. The maximum Gasteiger partial charge on any atom is 0.316 e. The summed E-state index contributed by atoms with van der Waals surface area (Å²) in [5.41, 5.74) is -1.29. The summed E-state index contributed by atoms with van der Waals surface area (Å²) in [4.78, 5) is 39.9. The Bertz CT molecular complexity index is 793. The second-order valence-corrected chi connectivity index (χ2v) is 6.00. The number of carbonyl (C=O) groups excluding carboxylic acids is 1. The van der Waals surface area contributed by atoms with Crippen LogP contribution in [0.25, 0.3) is 0 Å². The van der Waals surface area contributed by atoms with E-state index in [2.05, 4.69) is 10.1 Å². The maximum atomic E-state index is 12.6. The van der Waals surface area contributed by atoms with Crippen LogP contribution in [0.1, 0.15) is 25.7 Å². The Morgan fingerprint density at radius 1 is 1.29 bits per heavy atom. The van der Waals surface area contributed by atoms with E-state index >= 15 is 0 Å². The molecule has 8 nitrogen and oxygen atoms in total. The van der Waals surface area contributed by atoms with Gasteiger partial charge < -0.3 is 14.5 Å². The van der Waals surface area contributed by atoms with E-state index in [1.807, 2.05) is 21.8 Å². The zero-order valence-electron chi connectivity index (χ0n) is 13.4. The second-order valence-electron chi connectivity index (χ2n) is 6.00. The lowest BCUT2D eigenvalue weighted by Crippen LogP contribution is -2.46. The fraction of sp³-hybridized carbons (Fsp3) is 0.500. The van der Waals surface area contributed by atoms with Gasteiger partial charge in [-0.2, -0.15) is 5.10 Å². The summed E-state index contributed by atoms with van der Waals surface area (Å²) >= 11 is 0. The lowest BCUT2D eigenvalue weighted by atomic mass is 10.0. The third kappa shape index (κ3) is 3.64. The van der Waals surface area contributed by atoms with E-state index in [1.165, 1.54) is 17.0 Å². The highest BCUT2D eigenvalue weighted by molar-refractivity contribution is 5.76. The van der Waals surface area contributed by atoms with Gasteiger partial charge in [0.15, 0.2) is 0 Å². The van der Waals surface area contributed by atoms with E-state index in [0.717, 1.165) is 25.8 Å². The number of aromatic amines is 1. The number of piperidine rings is 1. The molecule has 1 aliphatic heterocycles. The molecule has 1 aliphatic rings. The van der Waals surface area contributed by atoms with Gasteiger partial charge in [0.25, 0.3) is 0 Å². The molecule has 0 bridgehead atoms. The van der Waals surface area contributed by atoms with Crippen LogP contribution in [0.2, 0.25) is 0 Å². The molecule has 0 aliphatic carbocycles. The number of likely N-dealkylation sites (tertiary alicyclic amines) is 1. The molecule has 1 N–H and O–H groups in total. The molecule has 3 rings (SSSR count). The molecule has 24 heavy (non-hydrogen) atoms. The summed E-state index contributed by atoms with van der Waals surface area (Å²) in [6.07, 6.45) is 9.79. The first-order valence-corrected chi connectivity index (χ1v) is 8.20. The topological polar surface area (TPSA) is 93.0 Å². The molecule has 0 spiro atoms. The van der Waals surface area contributed by atoms with Crippen molar-refractivity contribution in [2.45, 2.75) is 44.8 Å². The number of H-pyrrole nitrogens is 1. The molecule has 2 aromatic rings. The molecule has 1 amide bonds. The number of hydrogen-bond acceptors (Lipinski definition) is 4. The molecule has 1 atom stereocenters. The largest absolute Gasteiger partial charge is 0.338 e. The Balaban J connectivity index is 1.64. The predicted octanol–water partition coefficient (Wildman–Crippen LogP) is 0.205. The summed E-state index contributed by atoms with van der Waals surface area (Å²) in [6, 6.07) is 2.00. The number of carbonyl (C=O) groups is 1. The van der Waals surface area contributed by atoms with E-state index in [4.69, 9.17) is 0 Å². The number of aryl methyl sites for hydroxylation is 1. The maximum absolute atomic E-state index is 12.6. The first kappa shape index (κ1) is 16.2. The molecular formula is C16H21N5O3. The van der Waals surface area contributed by atoms with Gasteiger partial charge in [-0.1, -0.05) is 0 Å². The molecule has 128 valence electrons. The van der Waals surface area contributed by atoms with Gasteiger partial charge in [0.05, 0.1) is 12.6 Å². The highest BCUT2D eigenvalue weighted by Gasteiger charge is 2.26. The number of nitrogens with one attached hydrogen (secondary N) is 1. The average Bonchev–Trinajstić information content (AvgIpc) is 3.09. The standard InChI is InChI=1S/C16H21N5O3/c22-14(5-10-19-11-7-17-15(23)16(19)24)21-9-2-1-4-13(21)12-20-8-3-6-18-20/h3,6-8,11,13H,1-2,4-5,9-10,12H2,(H,17,23)/t13-/m0/s1. The average molecular weight is 331 g/mol. The summed E-state index contributed by atoms with van der Waals surface area (Å²) < 4.78 is 3.13. The molecule has 8 heteroatoms. The number of rotatable bonds is 5. The minimum absolute atomic E-state index is 0.0130. The van der Waals surface area contributed by atoms with Crippen molar-refractivity contribution in [3.8, 4) is 0 Å². The van der Waals surface area contributed by atoms with Gasteiger partial charge in [0, 0.05) is 44.3 Å². The van der Waals surface area contributed by atoms with Crippen molar-refractivity contribution in [2.75, 3.05) is 6.54 Å². The summed E-state index contributed by atoms with van der Waals surface area (Å²) in [5, 5.41) is 4.21. The van der Waals surface area contributed by atoms with Crippen molar-refractivity contribution in [3.63, 3.8) is 0 Å². The molecule has 1 saturated heterocycles. The Morgan fingerprint density at radius 2 is 2.17 bits per heavy atom. The van der Waals surface area contributed by atoms with Crippen molar-refractivity contribution in [1.29, 1.82) is 0 Å². The van der Waals surface area contributed by atoms with Crippen LogP contribution in [0.3, 0.4) is 0 Å². The van der Waals surface area contributed by atoms with Crippen LogP contribution in [0.15, 0.2) is 40.4 Å². The zero-order valence-corrected chi connectivity index (χ0v) is 13.4. The lowest BCUT2D eigenvalue weighted by molar-refractivity contribution is -0.135. The minimum Gasteiger partial charge on any atom is -0.338 e. The van der Waals surface area contributed by atoms with Crippen LogP contribution in [-0.2, 0) is 17.9 Å². The lowest BCUT2D eigenvalue weighted by Gasteiger charge is -2.36. The van der Waals surface area contributed by atoms with Gasteiger partial charge in [0.1, 0.15) is 0 Å². The van der Waals surface area contributed by atoms with E-state index in [-0.39, 0.29) is 24.9 Å². The van der Waals surface area contributed by atoms with Crippen LogP contribution in [0.4, 0.5) is 0 Å². The fourth-order valence-corrected chi connectivity index (χ4v) is 3.14. The van der Waals surface area contributed by atoms with E-state index in [9.17, 15) is 14.4 Å². The second kappa shape index (κ2) is 7.29. The summed E-state index contributed by atoms with van der Waals surface area (Å²) in [7, 11) is 0. The molecule has 0 aromatic carbocycles. The highest BCUT2D eigenvalue weighted by atomic mass is 16.2. The number of nitrogens with zero attached hydrogens (tertiary/aromatic N) is 4. The molecule has 3 heterocycles. The zero-order chi connectivity index (χ0) is 16.9. The molecule has 0 unspecified atom stereocenters. The third-order valence-electron chi connectivity index (χ3n) is 4.40. The molecule has 1 fully saturated rings. The molecule has 2 aromatic heterocycles. The van der Waals surface area contributed by atoms with E-state index in [0.29, 0.717) is 6.54 Å². The van der Waals surface area contributed by atoms with Crippen molar-refractivity contribution >= 4 is 5.91 Å². The number of hydrogen-bond donors (Lipinski definition) is 1. The van der Waals surface area contributed by atoms with Crippen molar-refractivity contribution in [1.82, 2.24) is 24.2 Å². The van der Waals surface area contributed by atoms with Crippen LogP contribution in [-0.4, -0.2) is 42.7 Å².